The van der Waals surface area contributed by atoms with Gasteiger partial charge in [0.2, 0.25) is 10.0 Å². The van der Waals surface area contributed by atoms with Gasteiger partial charge in [0.15, 0.2) is 0 Å². The van der Waals surface area contributed by atoms with Crippen LogP contribution in [-0.2, 0) is 16.6 Å². The third-order valence-electron chi connectivity index (χ3n) is 4.99. The van der Waals surface area contributed by atoms with Gasteiger partial charge in [-0.2, -0.15) is 0 Å². The summed E-state index contributed by atoms with van der Waals surface area (Å²) < 4.78 is 25.0. The van der Waals surface area contributed by atoms with Crippen LogP contribution in [0.2, 0.25) is 0 Å². The molecule has 0 bridgehead atoms. The van der Waals surface area contributed by atoms with Crippen LogP contribution < -0.4 is 10.0 Å². The lowest BCUT2D eigenvalue weighted by Crippen LogP contribution is -2.37. The van der Waals surface area contributed by atoms with Crippen molar-refractivity contribution >= 4 is 21.4 Å². The normalized spacial score (nSPS) is 23.5. The number of hydrogen-bond acceptors (Lipinski definition) is 6. The predicted octanol–water partition coefficient (Wildman–Crippen LogP) is 1.03. The van der Waals surface area contributed by atoms with E-state index >= 15 is 0 Å². The molecule has 3 rings (SSSR count). The van der Waals surface area contributed by atoms with E-state index in [4.69, 9.17) is 0 Å². The van der Waals surface area contributed by atoms with Crippen LogP contribution in [-0.4, -0.2) is 56.8 Å². The van der Waals surface area contributed by atoms with E-state index in [2.05, 4.69) is 19.9 Å². The maximum absolute atomic E-state index is 11.2. The van der Waals surface area contributed by atoms with Crippen molar-refractivity contribution in [3.8, 4) is 0 Å². The zero-order chi connectivity index (χ0) is 16.3. The lowest BCUT2D eigenvalue weighted by Gasteiger charge is -2.29. The van der Waals surface area contributed by atoms with Crippen molar-refractivity contribution in [2.75, 3.05) is 32.4 Å². The Balaban J connectivity index is 1.56. The van der Waals surface area contributed by atoms with Gasteiger partial charge in [0, 0.05) is 30.7 Å². The molecule has 1 aromatic rings. The minimum absolute atomic E-state index is 0.493. The minimum atomic E-state index is -3.09. The fourth-order valence-corrected chi connectivity index (χ4v) is 4.85. The Hall–Kier alpha value is -0.540. The fourth-order valence-electron chi connectivity index (χ4n) is 3.69. The Bertz CT molecular complexity index is 597. The van der Waals surface area contributed by atoms with Gasteiger partial charge in [-0.25, -0.2) is 18.1 Å². The number of nitrogens with zero attached hydrogens (tertiary/aromatic N) is 2. The van der Waals surface area contributed by atoms with Gasteiger partial charge in [-0.1, -0.05) is 0 Å². The van der Waals surface area contributed by atoms with Crippen molar-refractivity contribution in [2.45, 2.75) is 38.3 Å². The number of nitrogens with one attached hydrogen (secondary N) is 2. The van der Waals surface area contributed by atoms with E-state index < -0.39 is 10.0 Å². The summed E-state index contributed by atoms with van der Waals surface area (Å²) in [5.41, 5.74) is 0.493. The van der Waals surface area contributed by atoms with Gasteiger partial charge in [0.1, 0.15) is 5.01 Å². The van der Waals surface area contributed by atoms with Crippen LogP contribution in [0, 0.1) is 5.41 Å². The van der Waals surface area contributed by atoms with Gasteiger partial charge in [0.05, 0.1) is 12.8 Å². The van der Waals surface area contributed by atoms with Crippen molar-refractivity contribution in [1.82, 2.24) is 19.9 Å². The first-order valence-electron chi connectivity index (χ1n) is 8.26. The number of aromatic nitrogens is 1. The van der Waals surface area contributed by atoms with Gasteiger partial charge in [-0.05, 0) is 44.2 Å². The quantitative estimate of drug-likeness (QED) is 0.679. The molecule has 0 radical (unpaired) electrons. The number of piperidine rings is 1. The molecule has 1 spiro atoms. The Morgan fingerprint density at radius 3 is 2.91 bits per heavy atom. The average molecular weight is 359 g/mol. The van der Waals surface area contributed by atoms with Gasteiger partial charge in [0.25, 0.3) is 0 Å². The number of hydrogen-bond donors (Lipinski definition) is 2. The predicted molar refractivity (Wildman–Crippen MR) is 92.9 cm³/mol. The van der Waals surface area contributed by atoms with E-state index in [1.54, 1.807) is 11.3 Å². The first-order chi connectivity index (χ1) is 11.0. The molecule has 1 aliphatic heterocycles. The second-order valence-electron chi connectivity index (χ2n) is 6.75. The molecule has 0 aromatic carbocycles. The average Bonchev–Trinajstić information content (AvgIpc) is 2.95. The van der Waals surface area contributed by atoms with Crippen molar-refractivity contribution < 1.29 is 8.42 Å². The van der Waals surface area contributed by atoms with E-state index in [0.29, 0.717) is 18.0 Å². The smallest absolute Gasteiger partial charge is 0.208 e. The molecule has 1 aliphatic carbocycles. The topological polar surface area (TPSA) is 74.3 Å². The standard InChI is InChI=1S/C15H26N4O2S2/c1-23(20,21)18-5-2-9-19(12-14-17-8-10-22-14)13-11-15(13)3-6-16-7-4-15/h8,10,13,16,18H,2-7,9,11-12H2,1H3. The maximum atomic E-state index is 11.2. The molecule has 2 aliphatic rings. The molecule has 130 valence electrons. The SMILES string of the molecule is CS(=O)(=O)NCCCN(Cc1nccs1)C1CC12CCNCC2. The van der Waals surface area contributed by atoms with Crippen LogP contribution in [0.3, 0.4) is 0 Å². The zero-order valence-corrected chi connectivity index (χ0v) is 15.3. The van der Waals surface area contributed by atoms with E-state index in [-0.39, 0.29) is 0 Å². The largest absolute Gasteiger partial charge is 0.317 e. The second-order valence-corrected chi connectivity index (χ2v) is 9.56. The van der Waals surface area contributed by atoms with E-state index in [9.17, 15) is 8.42 Å². The molecule has 8 heteroatoms. The van der Waals surface area contributed by atoms with Crippen molar-refractivity contribution in [2.24, 2.45) is 5.41 Å². The van der Waals surface area contributed by atoms with Crippen LogP contribution >= 0.6 is 11.3 Å². The van der Waals surface area contributed by atoms with Crippen LogP contribution in [0.25, 0.3) is 0 Å². The molecule has 1 atom stereocenters. The number of thiazole rings is 1. The minimum Gasteiger partial charge on any atom is -0.317 e. The Labute approximate surface area is 142 Å². The number of rotatable bonds is 8. The molecule has 6 nitrogen and oxygen atoms in total. The molecule has 1 saturated heterocycles. The zero-order valence-electron chi connectivity index (χ0n) is 13.6. The summed E-state index contributed by atoms with van der Waals surface area (Å²) in [6, 6.07) is 0.631. The van der Waals surface area contributed by atoms with Crippen LogP contribution in [0.15, 0.2) is 11.6 Å². The molecule has 2 fully saturated rings. The Kier molecular flexibility index (Phi) is 5.37. The summed E-state index contributed by atoms with van der Waals surface area (Å²) >= 11 is 1.70. The van der Waals surface area contributed by atoms with Crippen LogP contribution in [0.4, 0.5) is 0 Å². The van der Waals surface area contributed by atoms with Gasteiger partial charge < -0.3 is 5.32 Å². The molecule has 2 N–H and O–H groups in total. The molecule has 23 heavy (non-hydrogen) atoms. The lowest BCUT2D eigenvalue weighted by atomic mass is 9.93. The van der Waals surface area contributed by atoms with Gasteiger partial charge in [-0.15, -0.1) is 11.3 Å². The second kappa shape index (κ2) is 7.14. The summed E-state index contributed by atoms with van der Waals surface area (Å²) in [6.07, 6.45) is 7.70. The molecular formula is C15H26N4O2S2. The Morgan fingerprint density at radius 2 is 2.26 bits per heavy atom. The third kappa shape index (κ3) is 4.73. The molecule has 1 saturated carbocycles. The van der Waals surface area contributed by atoms with Crippen molar-refractivity contribution in [1.29, 1.82) is 0 Å². The van der Waals surface area contributed by atoms with Gasteiger partial charge >= 0.3 is 0 Å². The summed E-state index contributed by atoms with van der Waals surface area (Å²) in [7, 11) is -3.09. The molecule has 0 amide bonds. The summed E-state index contributed by atoms with van der Waals surface area (Å²) in [5, 5.41) is 6.62. The first-order valence-corrected chi connectivity index (χ1v) is 11.0. The molecular weight excluding hydrogens is 332 g/mol. The summed E-state index contributed by atoms with van der Waals surface area (Å²) in [4.78, 5) is 6.94. The molecule has 1 unspecified atom stereocenters. The van der Waals surface area contributed by atoms with E-state index in [1.807, 2.05) is 11.6 Å². The highest BCUT2D eigenvalue weighted by molar-refractivity contribution is 7.88. The summed E-state index contributed by atoms with van der Waals surface area (Å²) in [5.74, 6) is 0. The monoisotopic (exact) mass is 358 g/mol. The highest BCUT2D eigenvalue weighted by Gasteiger charge is 2.56. The van der Waals surface area contributed by atoms with Crippen molar-refractivity contribution in [3.05, 3.63) is 16.6 Å². The molecule has 1 aromatic heterocycles. The lowest BCUT2D eigenvalue weighted by molar-refractivity contribution is 0.193. The highest BCUT2D eigenvalue weighted by Crippen LogP contribution is 2.56. The maximum Gasteiger partial charge on any atom is 0.208 e. The third-order valence-corrected chi connectivity index (χ3v) is 6.49. The first kappa shape index (κ1) is 17.3. The Morgan fingerprint density at radius 1 is 1.48 bits per heavy atom. The van der Waals surface area contributed by atoms with E-state index in [1.165, 1.54) is 25.5 Å². The van der Waals surface area contributed by atoms with Crippen LogP contribution in [0.5, 0.6) is 0 Å². The van der Waals surface area contributed by atoms with Crippen molar-refractivity contribution in [3.63, 3.8) is 0 Å². The number of sulfonamides is 1. The van der Waals surface area contributed by atoms with Crippen LogP contribution in [0.1, 0.15) is 30.7 Å². The molecule has 2 heterocycles. The highest BCUT2D eigenvalue weighted by atomic mass is 32.2. The fraction of sp³-hybridized carbons (Fsp3) is 0.800. The van der Waals surface area contributed by atoms with E-state index in [0.717, 1.165) is 37.6 Å². The summed E-state index contributed by atoms with van der Waals surface area (Å²) in [6.45, 7) is 4.56. The van der Waals surface area contributed by atoms with Gasteiger partial charge in [-0.3, -0.25) is 4.90 Å².